The lowest BCUT2D eigenvalue weighted by atomic mass is 10.2. The van der Waals surface area contributed by atoms with Crippen molar-refractivity contribution in [2.45, 2.75) is 19.9 Å². The summed E-state index contributed by atoms with van der Waals surface area (Å²) in [4.78, 5) is 22.8. The van der Waals surface area contributed by atoms with Crippen LogP contribution in [-0.4, -0.2) is 97.7 Å². The number of ether oxygens (including phenoxy) is 7. The number of benzene rings is 1. The molecule has 0 radical (unpaired) electrons. The monoisotopic (exact) mass is 518 g/mol. The first-order chi connectivity index (χ1) is 17.5. The minimum Gasteiger partial charge on any atom is -0.423 e. The van der Waals surface area contributed by atoms with Crippen LogP contribution in [0.15, 0.2) is 18.2 Å². The lowest BCUT2D eigenvalue weighted by Crippen LogP contribution is -2.19. The largest absolute Gasteiger partial charge is 0.423 e. The minimum atomic E-state index is -0.677. The van der Waals surface area contributed by atoms with E-state index < -0.39 is 11.8 Å². The third-order valence-electron chi connectivity index (χ3n) is 4.33. The highest BCUT2D eigenvalue weighted by atomic mass is 19.1. The molecule has 1 aromatic rings. The molecule has 0 spiro atoms. The molecule has 11 nitrogen and oxygen atoms in total. The molecule has 0 aliphatic heterocycles. The Morgan fingerprint density at radius 1 is 0.778 bits per heavy atom. The lowest BCUT2D eigenvalue weighted by Gasteiger charge is -2.09. The van der Waals surface area contributed by atoms with Crippen LogP contribution in [0.4, 0.5) is 4.39 Å². The molecule has 0 unspecified atom stereocenters. The molecule has 0 aliphatic rings. The van der Waals surface area contributed by atoms with Gasteiger partial charge in [-0.25, -0.2) is 4.39 Å². The molecule has 0 fully saturated rings. The molecule has 0 heterocycles. The van der Waals surface area contributed by atoms with E-state index in [0.29, 0.717) is 84.8 Å². The van der Waals surface area contributed by atoms with Crippen LogP contribution in [0.3, 0.4) is 0 Å². The zero-order valence-corrected chi connectivity index (χ0v) is 21.0. The predicted molar refractivity (Wildman–Crippen MR) is 128 cm³/mol. The maximum atomic E-state index is 14.0. The van der Waals surface area contributed by atoms with Crippen molar-refractivity contribution in [1.29, 1.82) is 0 Å². The van der Waals surface area contributed by atoms with Gasteiger partial charge in [0.15, 0.2) is 11.6 Å². The van der Waals surface area contributed by atoms with Gasteiger partial charge in [-0.2, -0.15) is 0 Å². The van der Waals surface area contributed by atoms with Gasteiger partial charge < -0.3 is 44.2 Å². The summed E-state index contributed by atoms with van der Waals surface area (Å²) in [5, 5.41) is 2.56. The van der Waals surface area contributed by atoms with E-state index in [9.17, 15) is 14.0 Å². The number of amides is 1. The fourth-order valence-corrected chi connectivity index (χ4v) is 2.58. The summed E-state index contributed by atoms with van der Waals surface area (Å²) in [6.45, 7) is 7.19. The van der Waals surface area contributed by atoms with Crippen LogP contribution in [0.1, 0.15) is 18.9 Å². The van der Waals surface area contributed by atoms with Crippen molar-refractivity contribution in [1.82, 2.24) is 5.32 Å². The van der Waals surface area contributed by atoms with Crippen molar-refractivity contribution in [3.05, 3.63) is 29.6 Å². The highest BCUT2D eigenvalue weighted by molar-refractivity contribution is 5.73. The van der Waals surface area contributed by atoms with E-state index in [0.717, 1.165) is 0 Å². The number of carbonyl (C=O) groups is 2. The highest BCUT2D eigenvalue weighted by Gasteiger charge is 2.10. The van der Waals surface area contributed by atoms with Gasteiger partial charge in [0.2, 0.25) is 5.91 Å². The molecule has 0 saturated heterocycles. The van der Waals surface area contributed by atoms with Crippen molar-refractivity contribution < 1.29 is 47.1 Å². The van der Waals surface area contributed by atoms with Gasteiger partial charge >= 0.3 is 5.97 Å². The van der Waals surface area contributed by atoms with Gasteiger partial charge in [-0.3, -0.25) is 9.59 Å². The van der Waals surface area contributed by atoms with Crippen molar-refractivity contribution in [2.75, 3.05) is 85.8 Å². The summed E-state index contributed by atoms with van der Waals surface area (Å²) in [7, 11) is 0. The molecule has 1 rings (SSSR count). The molecule has 0 bridgehead atoms. The van der Waals surface area contributed by atoms with Crippen LogP contribution in [0, 0.1) is 5.82 Å². The molecule has 0 aliphatic carbocycles. The molecule has 36 heavy (non-hydrogen) atoms. The zero-order chi connectivity index (χ0) is 26.3. The molecule has 1 aromatic carbocycles. The van der Waals surface area contributed by atoms with Crippen LogP contribution in [0.5, 0.6) is 5.75 Å². The van der Waals surface area contributed by atoms with Crippen LogP contribution >= 0.6 is 0 Å². The molecule has 1 amide bonds. The summed E-state index contributed by atoms with van der Waals surface area (Å²) in [5.74, 6) is -1.67. The van der Waals surface area contributed by atoms with Crippen molar-refractivity contribution in [2.24, 2.45) is 5.73 Å². The Kier molecular flexibility index (Phi) is 19.5. The maximum absolute atomic E-state index is 14.0. The van der Waals surface area contributed by atoms with E-state index >= 15 is 0 Å². The topological polar surface area (TPSA) is 137 Å². The number of esters is 1. The Morgan fingerprint density at radius 3 is 1.69 bits per heavy atom. The van der Waals surface area contributed by atoms with Crippen LogP contribution in [0.25, 0.3) is 0 Å². The van der Waals surface area contributed by atoms with Gasteiger partial charge in [0.1, 0.15) is 0 Å². The number of hydrogen-bond acceptors (Lipinski definition) is 10. The number of hydrogen-bond donors (Lipinski definition) is 2. The van der Waals surface area contributed by atoms with E-state index in [4.69, 9.17) is 38.9 Å². The third-order valence-corrected chi connectivity index (χ3v) is 4.33. The summed E-state index contributed by atoms with van der Waals surface area (Å²) in [6, 6.07) is 4.14. The van der Waals surface area contributed by atoms with Crippen molar-refractivity contribution >= 4 is 11.9 Å². The van der Waals surface area contributed by atoms with Crippen LogP contribution in [0.2, 0.25) is 0 Å². The van der Waals surface area contributed by atoms with Gasteiger partial charge in [0.05, 0.1) is 85.7 Å². The Labute approximate surface area is 211 Å². The van der Waals surface area contributed by atoms with Crippen LogP contribution in [-0.2, 0) is 44.6 Å². The second-order valence-corrected chi connectivity index (χ2v) is 7.36. The van der Waals surface area contributed by atoms with Gasteiger partial charge in [-0.1, -0.05) is 6.07 Å². The molecule has 3 N–H and O–H groups in total. The molecule has 0 aromatic heterocycles. The van der Waals surface area contributed by atoms with Gasteiger partial charge in [0, 0.05) is 20.0 Å². The normalized spacial score (nSPS) is 11.0. The summed E-state index contributed by atoms with van der Waals surface area (Å²) >= 11 is 0. The second kappa shape index (κ2) is 22.0. The molecule has 206 valence electrons. The summed E-state index contributed by atoms with van der Waals surface area (Å²) in [6.07, 6.45) is -0.0245. The maximum Gasteiger partial charge on any atom is 0.313 e. The molecule has 0 saturated carbocycles. The lowest BCUT2D eigenvalue weighted by molar-refractivity contribution is -0.136. The van der Waals surface area contributed by atoms with Crippen LogP contribution < -0.4 is 15.8 Å². The zero-order valence-electron chi connectivity index (χ0n) is 21.0. The number of carbonyl (C=O) groups excluding carboxylic acids is 2. The van der Waals surface area contributed by atoms with Gasteiger partial charge in [-0.15, -0.1) is 0 Å². The molecular weight excluding hydrogens is 479 g/mol. The molecule has 0 atom stereocenters. The van der Waals surface area contributed by atoms with Gasteiger partial charge in [0.25, 0.3) is 0 Å². The predicted octanol–water partition coefficient (Wildman–Crippen LogP) is 0.816. The summed E-state index contributed by atoms with van der Waals surface area (Å²) < 4.78 is 51.0. The smallest absolute Gasteiger partial charge is 0.313 e. The van der Waals surface area contributed by atoms with Crippen molar-refractivity contribution in [3.63, 3.8) is 0 Å². The number of nitrogens with two attached hydrogens (primary N) is 1. The minimum absolute atomic E-state index is 0.0245. The Hall–Kier alpha value is -2.19. The molecule has 12 heteroatoms. The fourth-order valence-electron chi connectivity index (χ4n) is 2.58. The SMILES string of the molecule is CC(=O)NCc1ccc(OC(=O)CCOCCOCCOCCOCCOCCOCCN)c(F)c1. The Bertz CT molecular complexity index is 725. The van der Waals surface area contributed by atoms with Crippen molar-refractivity contribution in [3.8, 4) is 5.75 Å². The van der Waals surface area contributed by atoms with E-state index in [2.05, 4.69) is 5.32 Å². The Balaban J connectivity index is 1.89. The quantitative estimate of drug-likeness (QED) is 0.122. The number of rotatable bonds is 23. The summed E-state index contributed by atoms with van der Waals surface area (Å²) in [5.41, 5.74) is 5.87. The first-order valence-electron chi connectivity index (χ1n) is 11.9. The third kappa shape index (κ3) is 18.1. The van der Waals surface area contributed by atoms with E-state index in [-0.39, 0.29) is 31.2 Å². The Morgan fingerprint density at radius 2 is 1.25 bits per heavy atom. The van der Waals surface area contributed by atoms with E-state index in [1.54, 1.807) is 6.07 Å². The fraction of sp³-hybridized carbons (Fsp3) is 0.667. The highest BCUT2D eigenvalue weighted by Crippen LogP contribution is 2.19. The first kappa shape index (κ1) is 31.8. The first-order valence-corrected chi connectivity index (χ1v) is 11.9. The number of nitrogens with one attached hydrogen (secondary N) is 1. The average Bonchev–Trinajstić information content (AvgIpc) is 2.85. The number of halogens is 1. The van der Waals surface area contributed by atoms with Gasteiger partial charge in [-0.05, 0) is 17.7 Å². The van der Waals surface area contributed by atoms with E-state index in [1.165, 1.54) is 19.1 Å². The average molecular weight is 519 g/mol. The molecular formula is C24H39FN2O9. The second-order valence-electron chi connectivity index (χ2n) is 7.36. The standard InChI is InChI=1S/C24H39FN2O9/c1-20(28)27-19-21-2-3-23(22(25)18-21)36-24(29)4-6-30-8-10-32-12-14-34-16-17-35-15-13-33-11-9-31-7-5-26/h2-3,18H,4-17,19,26H2,1H3,(H,27,28). The van der Waals surface area contributed by atoms with E-state index in [1.807, 2.05) is 0 Å².